The summed E-state index contributed by atoms with van der Waals surface area (Å²) in [6, 6.07) is 16.9. The van der Waals surface area contributed by atoms with Crippen LogP contribution in [0.2, 0.25) is 0 Å². The number of para-hydroxylation sites is 2. The van der Waals surface area contributed by atoms with Crippen molar-refractivity contribution in [1.29, 1.82) is 0 Å². The minimum absolute atomic E-state index is 0.404. The standard InChI is InChI=1S/C12H10N4O2S/c13-14-15-19(17,18)16(11-7-3-1-4-8-11)12-9-5-2-6-10-12/h1-10H. The van der Waals surface area contributed by atoms with Crippen LogP contribution in [0.15, 0.2) is 65.2 Å². The van der Waals surface area contributed by atoms with Crippen molar-refractivity contribution in [3.63, 3.8) is 0 Å². The van der Waals surface area contributed by atoms with E-state index >= 15 is 0 Å². The molecule has 0 saturated carbocycles. The number of hydrogen-bond donors (Lipinski definition) is 0. The van der Waals surface area contributed by atoms with Crippen LogP contribution in [0.5, 0.6) is 0 Å². The van der Waals surface area contributed by atoms with Gasteiger partial charge in [0.1, 0.15) is 0 Å². The Morgan fingerprint density at radius 2 is 1.32 bits per heavy atom. The van der Waals surface area contributed by atoms with Crippen LogP contribution in [0.25, 0.3) is 10.4 Å². The van der Waals surface area contributed by atoms with Gasteiger partial charge >= 0.3 is 10.2 Å². The highest BCUT2D eigenvalue weighted by molar-refractivity contribution is 7.91. The van der Waals surface area contributed by atoms with Crippen LogP contribution in [-0.2, 0) is 10.2 Å². The van der Waals surface area contributed by atoms with Gasteiger partial charge in [0, 0.05) is 4.91 Å². The van der Waals surface area contributed by atoms with Crippen LogP contribution < -0.4 is 4.31 Å². The lowest BCUT2D eigenvalue weighted by Gasteiger charge is -2.21. The van der Waals surface area contributed by atoms with Crippen LogP contribution in [0.4, 0.5) is 11.4 Å². The van der Waals surface area contributed by atoms with Crippen molar-refractivity contribution in [2.24, 2.45) is 4.52 Å². The second-order valence-corrected chi connectivity index (χ2v) is 5.01. The van der Waals surface area contributed by atoms with E-state index in [1.165, 1.54) is 0 Å². The van der Waals surface area contributed by atoms with E-state index in [0.717, 1.165) is 4.31 Å². The Labute approximate surface area is 110 Å². The summed E-state index contributed by atoms with van der Waals surface area (Å²) in [5.74, 6) is 0. The zero-order valence-corrected chi connectivity index (χ0v) is 10.6. The molecular weight excluding hydrogens is 264 g/mol. The highest BCUT2D eigenvalue weighted by Crippen LogP contribution is 2.28. The average molecular weight is 274 g/mol. The molecule has 19 heavy (non-hydrogen) atoms. The Morgan fingerprint density at radius 1 is 0.895 bits per heavy atom. The first-order valence-electron chi connectivity index (χ1n) is 5.37. The van der Waals surface area contributed by atoms with Crippen molar-refractivity contribution in [2.45, 2.75) is 0 Å². The van der Waals surface area contributed by atoms with Gasteiger partial charge < -0.3 is 0 Å². The van der Waals surface area contributed by atoms with Crippen molar-refractivity contribution in [3.05, 3.63) is 71.1 Å². The van der Waals surface area contributed by atoms with E-state index < -0.39 is 10.2 Å². The van der Waals surface area contributed by atoms with Gasteiger partial charge in [-0.3, -0.25) is 0 Å². The maximum absolute atomic E-state index is 12.0. The first kappa shape index (κ1) is 12.9. The first-order valence-corrected chi connectivity index (χ1v) is 6.76. The lowest BCUT2D eigenvalue weighted by Crippen LogP contribution is -2.23. The van der Waals surface area contributed by atoms with E-state index in [4.69, 9.17) is 5.53 Å². The molecule has 2 aromatic carbocycles. The molecule has 0 atom stereocenters. The van der Waals surface area contributed by atoms with E-state index in [2.05, 4.69) is 9.43 Å². The third kappa shape index (κ3) is 2.85. The summed E-state index contributed by atoms with van der Waals surface area (Å²) >= 11 is 0. The van der Waals surface area contributed by atoms with Gasteiger partial charge in [-0.15, -0.1) is 0 Å². The highest BCUT2D eigenvalue weighted by Gasteiger charge is 2.22. The fourth-order valence-corrected chi connectivity index (χ4v) is 2.57. The van der Waals surface area contributed by atoms with Gasteiger partial charge in [0.25, 0.3) is 0 Å². The molecule has 0 N–H and O–H groups in total. The summed E-state index contributed by atoms with van der Waals surface area (Å²) in [5.41, 5.74) is 9.20. The fraction of sp³-hybridized carbons (Fsp3) is 0. The molecule has 0 fully saturated rings. The number of hydrogen-bond acceptors (Lipinski definition) is 2. The zero-order chi connectivity index (χ0) is 13.7. The minimum Gasteiger partial charge on any atom is -0.232 e. The summed E-state index contributed by atoms with van der Waals surface area (Å²) in [6.07, 6.45) is 0. The van der Waals surface area contributed by atoms with Gasteiger partial charge in [-0.05, 0) is 29.8 Å². The van der Waals surface area contributed by atoms with E-state index in [-0.39, 0.29) is 0 Å². The van der Waals surface area contributed by atoms with Gasteiger partial charge in [0.2, 0.25) is 0 Å². The van der Waals surface area contributed by atoms with Crippen molar-refractivity contribution in [2.75, 3.05) is 4.31 Å². The summed E-state index contributed by atoms with van der Waals surface area (Å²) in [4.78, 5) is 2.37. The lowest BCUT2D eigenvalue weighted by atomic mass is 10.3. The van der Waals surface area contributed by atoms with Gasteiger partial charge in [-0.2, -0.15) is 8.42 Å². The molecule has 0 bridgehead atoms. The summed E-state index contributed by atoms with van der Waals surface area (Å²) < 4.78 is 28.0. The highest BCUT2D eigenvalue weighted by atomic mass is 32.2. The first-order chi connectivity index (χ1) is 9.15. The largest absolute Gasteiger partial charge is 0.329 e. The van der Waals surface area contributed by atoms with Crippen LogP contribution >= 0.6 is 0 Å². The van der Waals surface area contributed by atoms with E-state index in [9.17, 15) is 8.42 Å². The Bertz CT molecular complexity index is 656. The Morgan fingerprint density at radius 3 is 1.68 bits per heavy atom. The van der Waals surface area contributed by atoms with E-state index in [1.807, 2.05) is 0 Å². The number of azide groups is 1. The number of benzene rings is 2. The predicted molar refractivity (Wildman–Crippen MR) is 73.1 cm³/mol. The van der Waals surface area contributed by atoms with Crippen LogP contribution in [0.1, 0.15) is 0 Å². The molecule has 2 rings (SSSR count). The van der Waals surface area contributed by atoms with Crippen molar-refractivity contribution in [1.82, 2.24) is 0 Å². The monoisotopic (exact) mass is 274 g/mol. The maximum atomic E-state index is 12.0. The topological polar surface area (TPSA) is 86.1 Å². The van der Waals surface area contributed by atoms with E-state index in [1.54, 1.807) is 60.7 Å². The Hall–Kier alpha value is -2.50. The Balaban J connectivity index is 2.62. The van der Waals surface area contributed by atoms with Gasteiger partial charge in [-0.1, -0.05) is 36.4 Å². The summed E-state index contributed by atoms with van der Waals surface area (Å²) in [5, 5.41) is 0. The molecule has 0 unspecified atom stereocenters. The van der Waals surface area contributed by atoms with E-state index in [0.29, 0.717) is 11.4 Å². The van der Waals surface area contributed by atoms with Crippen LogP contribution in [0.3, 0.4) is 0 Å². The molecule has 0 amide bonds. The molecule has 2 aromatic rings. The molecular formula is C12H10N4O2S. The quantitative estimate of drug-likeness (QED) is 0.486. The number of rotatable bonds is 4. The van der Waals surface area contributed by atoms with Crippen LogP contribution in [0, 0.1) is 0 Å². The third-order valence-electron chi connectivity index (χ3n) is 2.35. The zero-order valence-electron chi connectivity index (χ0n) is 9.79. The average Bonchev–Trinajstić information content (AvgIpc) is 2.41. The molecule has 0 aliphatic heterocycles. The molecule has 0 spiro atoms. The predicted octanol–water partition coefficient (Wildman–Crippen LogP) is 3.38. The smallest absolute Gasteiger partial charge is 0.232 e. The normalized spacial score (nSPS) is 10.5. The number of anilines is 2. The fourth-order valence-electron chi connectivity index (χ4n) is 1.62. The van der Waals surface area contributed by atoms with Crippen LogP contribution in [-0.4, -0.2) is 8.42 Å². The summed E-state index contributed by atoms with van der Waals surface area (Å²) in [7, 11) is -4.14. The molecule has 0 aromatic heterocycles. The van der Waals surface area contributed by atoms with Gasteiger partial charge in [0.05, 0.1) is 15.9 Å². The maximum Gasteiger partial charge on any atom is 0.329 e. The molecule has 7 heteroatoms. The second-order valence-electron chi connectivity index (χ2n) is 3.58. The lowest BCUT2D eigenvalue weighted by molar-refractivity contribution is 0.597. The van der Waals surface area contributed by atoms with Crippen molar-refractivity contribution >= 4 is 21.6 Å². The third-order valence-corrected chi connectivity index (χ3v) is 3.51. The van der Waals surface area contributed by atoms with Gasteiger partial charge in [0.15, 0.2) is 0 Å². The molecule has 0 aliphatic rings. The molecule has 0 saturated heterocycles. The number of nitrogens with zero attached hydrogens (tertiary/aromatic N) is 4. The summed E-state index contributed by atoms with van der Waals surface area (Å²) in [6.45, 7) is 0. The molecule has 0 radical (unpaired) electrons. The van der Waals surface area contributed by atoms with Gasteiger partial charge in [-0.25, -0.2) is 4.31 Å². The van der Waals surface area contributed by atoms with Crippen molar-refractivity contribution in [3.8, 4) is 0 Å². The molecule has 6 nitrogen and oxygen atoms in total. The SMILES string of the molecule is [N-]=[N+]=NS(=O)(=O)N(c1ccccc1)c1ccccc1. The van der Waals surface area contributed by atoms with Crippen molar-refractivity contribution < 1.29 is 8.42 Å². The Kier molecular flexibility index (Phi) is 3.70. The molecule has 0 aliphatic carbocycles. The second kappa shape index (κ2) is 5.43. The molecule has 96 valence electrons. The molecule has 0 heterocycles. The minimum atomic E-state index is -4.14.